The van der Waals surface area contributed by atoms with E-state index in [9.17, 15) is 14.4 Å². The number of amides is 1. The fraction of sp³-hybridized carbons (Fsp3) is 0.111. The van der Waals surface area contributed by atoms with Gasteiger partial charge in [0.1, 0.15) is 24.1 Å². The molecule has 0 radical (unpaired) electrons. The van der Waals surface area contributed by atoms with E-state index < -0.39 is 23.9 Å². The van der Waals surface area contributed by atoms with Crippen LogP contribution in [0.25, 0.3) is 5.65 Å². The smallest absolute Gasteiger partial charge is 0.322 e. The zero-order valence-electron chi connectivity index (χ0n) is 8.51. The molecule has 8 nitrogen and oxygen atoms in total. The molecule has 88 valence electrons. The molecule has 1 amide bonds. The van der Waals surface area contributed by atoms with Crippen LogP contribution in [0.4, 0.5) is 0 Å². The Morgan fingerprint density at radius 1 is 1.53 bits per heavy atom. The molecule has 0 saturated carbocycles. The topological polar surface area (TPSA) is 117 Å². The van der Waals surface area contributed by atoms with Gasteiger partial charge in [-0.1, -0.05) is 0 Å². The second-order valence-corrected chi connectivity index (χ2v) is 3.24. The number of hydrogen-bond acceptors (Lipinski definition) is 4. The molecular weight excluding hydrogens is 228 g/mol. The van der Waals surface area contributed by atoms with E-state index in [-0.39, 0.29) is 11.2 Å². The molecule has 0 aromatic carbocycles. The third-order valence-electron chi connectivity index (χ3n) is 2.11. The first-order chi connectivity index (χ1) is 8.09. The molecule has 0 bridgehead atoms. The molecule has 2 heterocycles. The van der Waals surface area contributed by atoms with Gasteiger partial charge in [-0.3, -0.25) is 23.9 Å². The quantitative estimate of drug-likeness (QED) is 0.621. The maximum atomic E-state index is 11.6. The van der Waals surface area contributed by atoms with Crippen LogP contribution in [0.5, 0.6) is 0 Å². The summed E-state index contributed by atoms with van der Waals surface area (Å²) in [4.78, 5) is 33.5. The van der Waals surface area contributed by atoms with Gasteiger partial charge in [-0.05, 0) is 0 Å². The molecule has 0 unspecified atom stereocenters. The first kappa shape index (κ1) is 10.9. The summed E-state index contributed by atoms with van der Waals surface area (Å²) in [5.74, 6) is -1.94. The third-order valence-corrected chi connectivity index (χ3v) is 2.11. The number of aromatic amines is 1. The number of rotatable bonds is 3. The summed E-state index contributed by atoms with van der Waals surface area (Å²) >= 11 is 0. The van der Waals surface area contributed by atoms with Gasteiger partial charge in [-0.2, -0.15) is 5.10 Å². The number of H-pyrrole nitrogens is 1. The standard InChI is InChI=1S/C9H8N4O4/c14-5-1-2-13-4-11-12-8(13)7(5)9(17)10-3-6(15)16/h1-2,4,12H,3H2,(H,10,17)(H,15,16). The van der Waals surface area contributed by atoms with Gasteiger partial charge in [0.2, 0.25) is 0 Å². The molecule has 3 N–H and O–H groups in total. The van der Waals surface area contributed by atoms with Crippen LogP contribution in [0, 0.1) is 0 Å². The summed E-state index contributed by atoms with van der Waals surface area (Å²) in [6.07, 6.45) is 2.85. The number of fused-ring (bicyclic) bond motifs is 1. The van der Waals surface area contributed by atoms with E-state index in [1.807, 2.05) is 0 Å². The fourth-order valence-corrected chi connectivity index (χ4v) is 1.38. The molecule has 2 aromatic rings. The van der Waals surface area contributed by atoms with E-state index in [2.05, 4.69) is 15.5 Å². The molecular formula is C9H8N4O4. The van der Waals surface area contributed by atoms with Gasteiger partial charge in [0, 0.05) is 12.3 Å². The van der Waals surface area contributed by atoms with Crippen LogP contribution in [-0.2, 0) is 4.79 Å². The molecule has 8 heteroatoms. The number of carbonyl (C=O) groups excluding carboxylic acids is 1. The number of nitrogens with zero attached hydrogens (tertiary/aromatic N) is 2. The highest BCUT2D eigenvalue weighted by Crippen LogP contribution is 2.01. The largest absolute Gasteiger partial charge is 0.480 e. The summed E-state index contributed by atoms with van der Waals surface area (Å²) < 4.78 is 1.46. The number of hydrogen-bond donors (Lipinski definition) is 3. The summed E-state index contributed by atoms with van der Waals surface area (Å²) in [6.45, 7) is -0.548. The molecule has 0 atom stereocenters. The van der Waals surface area contributed by atoms with Crippen LogP contribution >= 0.6 is 0 Å². The van der Waals surface area contributed by atoms with E-state index in [1.54, 1.807) is 0 Å². The van der Waals surface area contributed by atoms with Crippen LogP contribution in [-0.4, -0.2) is 38.1 Å². The lowest BCUT2D eigenvalue weighted by Gasteiger charge is -2.02. The fourth-order valence-electron chi connectivity index (χ4n) is 1.38. The maximum Gasteiger partial charge on any atom is 0.322 e. The van der Waals surface area contributed by atoms with E-state index >= 15 is 0 Å². The average molecular weight is 236 g/mol. The van der Waals surface area contributed by atoms with Crippen LogP contribution in [0.1, 0.15) is 10.4 Å². The van der Waals surface area contributed by atoms with Crippen molar-refractivity contribution in [2.75, 3.05) is 6.54 Å². The number of carbonyl (C=O) groups is 2. The monoisotopic (exact) mass is 236 g/mol. The zero-order chi connectivity index (χ0) is 12.4. The molecule has 0 spiro atoms. The van der Waals surface area contributed by atoms with Crippen LogP contribution < -0.4 is 10.7 Å². The van der Waals surface area contributed by atoms with Crippen molar-refractivity contribution in [1.82, 2.24) is 19.9 Å². The van der Waals surface area contributed by atoms with Gasteiger partial charge in [-0.25, -0.2) is 0 Å². The molecule has 0 saturated heterocycles. The van der Waals surface area contributed by atoms with Crippen molar-refractivity contribution in [3.63, 3.8) is 0 Å². The van der Waals surface area contributed by atoms with E-state index in [4.69, 9.17) is 5.11 Å². The highest BCUT2D eigenvalue weighted by Gasteiger charge is 2.16. The number of carboxylic acids is 1. The van der Waals surface area contributed by atoms with Crippen molar-refractivity contribution in [3.8, 4) is 0 Å². The van der Waals surface area contributed by atoms with Crippen LogP contribution in [0.2, 0.25) is 0 Å². The predicted octanol–water partition coefficient (Wildman–Crippen LogP) is -1.16. The summed E-state index contributed by atoms with van der Waals surface area (Å²) in [5.41, 5.74) is -0.441. The third kappa shape index (κ3) is 2.00. The molecule has 2 rings (SSSR count). The highest BCUT2D eigenvalue weighted by atomic mass is 16.4. The summed E-state index contributed by atoms with van der Waals surface area (Å²) in [7, 11) is 0. The normalized spacial score (nSPS) is 10.4. The minimum atomic E-state index is -1.18. The van der Waals surface area contributed by atoms with E-state index in [0.29, 0.717) is 0 Å². The Kier molecular flexibility index (Phi) is 2.61. The van der Waals surface area contributed by atoms with Crippen LogP contribution in [0.3, 0.4) is 0 Å². The minimum Gasteiger partial charge on any atom is -0.480 e. The van der Waals surface area contributed by atoms with Crippen molar-refractivity contribution in [3.05, 3.63) is 34.4 Å². The lowest BCUT2D eigenvalue weighted by atomic mass is 10.2. The Bertz CT molecular complexity index is 642. The minimum absolute atomic E-state index is 0.161. The van der Waals surface area contributed by atoms with Crippen molar-refractivity contribution < 1.29 is 14.7 Å². The Morgan fingerprint density at radius 3 is 3.00 bits per heavy atom. The molecule has 0 aliphatic heterocycles. The van der Waals surface area contributed by atoms with Gasteiger partial charge in [0.05, 0.1) is 0 Å². The molecule has 2 aromatic heterocycles. The number of carboxylic acid groups (broad SMARTS) is 1. The molecule has 0 aliphatic carbocycles. The number of pyridine rings is 1. The van der Waals surface area contributed by atoms with Gasteiger partial charge >= 0.3 is 5.97 Å². The second-order valence-electron chi connectivity index (χ2n) is 3.24. The van der Waals surface area contributed by atoms with Crippen molar-refractivity contribution in [1.29, 1.82) is 0 Å². The van der Waals surface area contributed by atoms with Crippen molar-refractivity contribution in [2.45, 2.75) is 0 Å². The number of aliphatic carboxylic acids is 1. The summed E-state index contributed by atoms with van der Waals surface area (Å²) in [5, 5.41) is 16.7. The van der Waals surface area contributed by atoms with Gasteiger partial charge in [0.15, 0.2) is 5.43 Å². The second kappa shape index (κ2) is 4.08. The average Bonchev–Trinajstić information content (AvgIpc) is 2.73. The maximum absolute atomic E-state index is 11.6. The van der Waals surface area contributed by atoms with Gasteiger partial charge in [0.25, 0.3) is 5.91 Å². The molecule has 17 heavy (non-hydrogen) atoms. The molecule has 0 aliphatic rings. The SMILES string of the molecule is O=C(O)CNC(=O)c1c(=O)ccn2cn[nH]c12. The zero-order valence-corrected chi connectivity index (χ0v) is 8.51. The Balaban J connectivity index is 2.43. The summed E-state index contributed by atoms with van der Waals surface area (Å²) in [6, 6.07) is 1.21. The first-order valence-electron chi connectivity index (χ1n) is 4.64. The van der Waals surface area contributed by atoms with Crippen LogP contribution in [0.15, 0.2) is 23.4 Å². The highest BCUT2D eigenvalue weighted by molar-refractivity contribution is 6.00. The predicted molar refractivity (Wildman–Crippen MR) is 55.8 cm³/mol. The van der Waals surface area contributed by atoms with Crippen molar-refractivity contribution >= 4 is 17.5 Å². The first-order valence-corrected chi connectivity index (χ1v) is 4.64. The Labute approximate surface area is 93.9 Å². The Hall–Kier alpha value is -2.64. The number of nitrogens with one attached hydrogen (secondary N) is 2. The van der Waals surface area contributed by atoms with E-state index in [1.165, 1.54) is 23.0 Å². The lowest BCUT2D eigenvalue weighted by molar-refractivity contribution is -0.135. The van der Waals surface area contributed by atoms with E-state index in [0.717, 1.165) is 0 Å². The lowest BCUT2D eigenvalue weighted by Crippen LogP contribution is -2.33. The van der Waals surface area contributed by atoms with Crippen molar-refractivity contribution in [2.24, 2.45) is 0 Å². The molecule has 0 fully saturated rings. The number of aromatic nitrogens is 3. The van der Waals surface area contributed by atoms with Gasteiger partial charge in [-0.15, -0.1) is 0 Å². The Morgan fingerprint density at radius 2 is 2.29 bits per heavy atom. The van der Waals surface area contributed by atoms with Gasteiger partial charge < -0.3 is 10.4 Å².